The van der Waals surface area contributed by atoms with Gasteiger partial charge in [-0.25, -0.2) is 0 Å². The molecule has 5 heteroatoms. The van der Waals surface area contributed by atoms with E-state index < -0.39 is 0 Å². The van der Waals surface area contributed by atoms with E-state index in [1.807, 2.05) is 12.1 Å². The van der Waals surface area contributed by atoms with Gasteiger partial charge in [0.25, 0.3) is 0 Å². The van der Waals surface area contributed by atoms with E-state index in [9.17, 15) is 0 Å². The average Bonchev–Trinajstić information content (AvgIpc) is 2.66. The molecule has 0 aliphatic carbocycles. The van der Waals surface area contributed by atoms with E-state index >= 15 is 0 Å². The van der Waals surface area contributed by atoms with E-state index in [1.165, 1.54) is 11.3 Å². The standard InChI is InChI=1S/C11H9Cl2NOS/c12-9-3-1-7(14)5-10(9)15-6-8-2-4-11(13)16-8/h1-5H,6,14H2. The van der Waals surface area contributed by atoms with Crippen molar-refractivity contribution in [2.75, 3.05) is 5.73 Å². The van der Waals surface area contributed by atoms with Crippen LogP contribution in [0.2, 0.25) is 9.36 Å². The summed E-state index contributed by atoms with van der Waals surface area (Å²) in [6.07, 6.45) is 0. The van der Waals surface area contributed by atoms with Crippen LogP contribution in [0.15, 0.2) is 30.3 Å². The topological polar surface area (TPSA) is 35.2 Å². The smallest absolute Gasteiger partial charge is 0.140 e. The number of hydrogen-bond donors (Lipinski definition) is 1. The molecule has 0 unspecified atom stereocenters. The highest BCUT2D eigenvalue weighted by Gasteiger charge is 2.04. The second-order valence-electron chi connectivity index (χ2n) is 3.18. The molecule has 84 valence electrons. The SMILES string of the molecule is Nc1ccc(Cl)c(OCc2ccc(Cl)s2)c1. The van der Waals surface area contributed by atoms with Crippen LogP contribution in [-0.4, -0.2) is 0 Å². The third-order valence-corrected chi connectivity index (χ3v) is 3.47. The number of hydrogen-bond acceptors (Lipinski definition) is 3. The Balaban J connectivity index is 2.07. The molecule has 0 radical (unpaired) electrons. The predicted octanol–water partition coefficient (Wildman–Crippen LogP) is 4.22. The molecule has 0 atom stereocenters. The van der Waals surface area contributed by atoms with Crippen molar-refractivity contribution in [1.82, 2.24) is 0 Å². The van der Waals surface area contributed by atoms with Crippen molar-refractivity contribution in [2.24, 2.45) is 0 Å². The van der Waals surface area contributed by atoms with Crippen LogP contribution < -0.4 is 10.5 Å². The Morgan fingerprint density at radius 2 is 2.00 bits per heavy atom. The fourth-order valence-electron chi connectivity index (χ4n) is 1.21. The molecule has 1 heterocycles. The van der Waals surface area contributed by atoms with Gasteiger partial charge in [0.15, 0.2) is 0 Å². The molecule has 0 aliphatic heterocycles. The van der Waals surface area contributed by atoms with Gasteiger partial charge in [-0.1, -0.05) is 23.2 Å². The molecule has 16 heavy (non-hydrogen) atoms. The zero-order valence-electron chi connectivity index (χ0n) is 8.24. The zero-order chi connectivity index (χ0) is 11.5. The molecule has 1 aromatic carbocycles. The number of benzene rings is 1. The first-order chi connectivity index (χ1) is 7.65. The van der Waals surface area contributed by atoms with Crippen molar-refractivity contribution >= 4 is 40.2 Å². The second-order valence-corrected chi connectivity index (χ2v) is 5.39. The van der Waals surface area contributed by atoms with Gasteiger partial charge in [-0.3, -0.25) is 0 Å². The Bertz CT molecular complexity index is 498. The molecule has 2 rings (SSSR count). The molecule has 1 aromatic heterocycles. The Morgan fingerprint density at radius 1 is 1.19 bits per heavy atom. The molecule has 0 aliphatic rings. The van der Waals surface area contributed by atoms with Crippen LogP contribution in [0.3, 0.4) is 0 Å². The minimum Gasteiger partial charge on any atom is -0.486 e. The zero-order valence-corrected chi connectivity index (χ0v) is 10.6. The van der Waals surface area contributed by atoms with Crippen molar-refractivity contribution in [3.05, 3.63) is 44.6 Å². The quantitative estimate of drug-likeness (QED) is 0.850. The van der Waals surface area contributed by atoms with Crippen LogP contribution in [0, 0.1) is 0 Å². The van der Waals surface area contributed by atoms with Crippen molar-refractivity contribution in [3.63, 3.8) is 0 Å². The summed E-state index contributed by atoms with van der Waals surface area (Å²) in [5.41, 5.74) is 6.27. The Hall–Kier alpha value is -0.900. The van der Waals surface area contributed by atoms with Crippen molar-refractivity contribution in [2.45, 2.75) is 6.61 Å². The van der Waals surface area contributed by atoms with E-state index in [2.05, 4.69) is 0 Å². The summed E-state index contributed by atoms with van der Waals surface area (Å²) < 4.78 is 6.30. The fraction of sp³-hybridized carbons (Fsp3) is 0.0909. The van der Waals surface area contributed by atoms with Crippen molar-refractivity contribution < 1.29 is 4.74 Å². The molecule has 2 nitrogen and oxygen atoms in total. The van der Waals surface area contributed by atoms with E-state index in [0.29, 0.717) is 23.1 Å². The highest BCUT2D eigenvalue weighted by atomic mass is 35.5. The van der Waals surface area contributed by atoms with Gasteiger partial charge in [0.05, 0.1) is 9.36 Å². The highest BCUT2D eigenvalue weighted by molar-refractivity contribution is 7.16. The predicted molar refractivity (Wildman–Crippen MR) is 69.5 cm³/mol. The van der Waals surface area contributed by atoms with Crippen molar-refractivity contribution in [1.29, 1.82) is 0 Å². The van der Waals surface area contributed by atoms with Gasteiger partial charge in [0.2, 0.25) is 0 Å². The molecular formula is C11H9Cl2NOS. The molecule has 0 fully saturated rings. The number of thiophene rings is 1. The lowest BCUT2D eigenvalue weighted by molar-refractivity contribution is 0.310. The van der Waals surface area contributed by atoms with Gasteiger partial charge in [-0.05, 0) is 24.3 Å². The maximum atomic E-state index is 5.96. The second kappa shape index (κ2) is 4.95. The lowest BCUT2D eigenvalue weighted by Gasteiger charge is -2.07. The summed E-state index contributed by atoms with van der Waals surface area (Å²) in [6, 6.07) is 8.92. The molecule has 0 bridgehead atoms. The maximum Gasteiger partial charge on any atom is 0.140 e. The number of anilines is 1. The normalized spacial score (nSPS) is 10.4. The third-order valence-electron chi connectivity index (χ3n) is 1.95. The molecule has 0 spiro atoms. The summed E-state index contributed by atoms with van der Waals surface area (Å²) in [6.45, 7) is 0.445. The summed E-state index contributed by atoms with van der Waals surface area (Å²) in [5.74, 6) is 0.589. The third kappa shape index (κ3) is 2.82. The lowest BCUT2D eigenvalue weighted by Crippen LogP contribution is -1.94. The summed E-state index contributed by atoms with van der Waals surface area (Å²) in [4.78, 5) is 1.04. The van der Waals surface area contributed by atoms with Gasteiger partial charge in [0, 0.05) is 16.6 Å². The van der Waals surface area contributed by atoms with Gasteiger partial charge in [-0.2, -0.15) is 0 Å². The number of halogens is 2. The summed E-state index contributed by atoms with van der Waals surface area (Å²) in [7, 11) is 0. The summed E-state index contributed by atoms with van der Waals surface area (Å²) >= 11 is 13.3. The van der Waals surface area contributed by atoms with Crippen LogP contribution >= 0.6 is 34.5 Å². The lowest BCUT2D eigenvalue weighted by atomic mass is 10.3. The molecule has 0 saturated carbocycles. The number of nitrogens with two attached hydrogens (primary N) is 1. The van der Waals surface area contributed by atoms with Crippen LogP contribution in [0.4, 0.5) is 5.69 Å². The van der Waals surface area contributed by atoms with E-state index in [-0.39, 0.29) is 0 Å². The minimum absolute atomic E-state index is 0.445. The molecule has 0 amide bonds. The maximum absolute atomic E-state index is 5.96. The van der Waals surface area contributed by atoms with Crippen molar-refractivity contribution in [3.8, 4) is 5.75 Å². The Morgan fingerprint density at radius 3 is 2.69 bits per heavy atom. The van der Waals surface area contributed by atoms with E-state index in [1.54, 1.807) is 18.2 Å². The first-order valence-corrected chi connectivity index (χ1v) is 6.14. The molecule has 2 aromatic rings. The van der Waals surface area contributed by atoms with E-state index in [4.69, 9.17) is 33.7 Å². The summed E-state index contributed by atoms with van der Waals surface area (Å²) in [5, 5.41) is 0.553. The highest BCUT2D eigenvalue weighted by Crippen LogP contribution is 2.28. The number of ether oxygens (including phenoxy) is 1. The van der Waals surface area contributed by atoms with Crippen LogP contribution in [-0.2, 0) is 6.61 Å². The Kier molecular flexibility index (Phi) is 3.59. The van der Waals surface area contributed by atoms with Gasteiger partial charge < -0.3 is 10.5 Å². The van der Waals surface area contributed by atoms with Gasteiger partial charge in [-0.15, -0.1) is 11.3 Å². The molecule has 2 N–H and O–H groups in total. The molecular weight excluding hydrogens is 265 g/mol. The van der Waals surface area contributed by atoms with Crippen LogP contribution in [0.5, 0.6) is 5.75 Å². The van der Waals surface area contributed by atoms with Crippen LogP contribution in [0.25, 0.3) is 0 Å². The first-order valence-electron chi connectivity index (χ1n) is 4.57. The van der Waals surface area contributed by atoms with Gasteiger partial charge in [0.1, 0.15) is 12.4 Å². The monoisotopic (exact) mass is 273 g/mol. The fourth-order valence-corrected chi connectivity index (χ4v) is 2.38. The minimum atomic E-state index is 0.445. The number of nitrogen functional groups attached to an aromatic ring is 1. The van der Waals surface area contributed by atoms with Gasteiger partial charge >= 0.3 is 0 Å². The average molecular weight is 274 g/mol. The van der Waals surface area contributed by atoms with Crippen LogP contribution in [0.1, 0.15) is 4.88 Å². The molecule has 0 saturated heterocycles. The number of rotatable bonds is 3. The first kappa shape index (κ1) is 11.6. The van der Waals surface area contributed by atoms with E-state index in [0.717, 1.165) is 9.21 Å². The Labute approximate surface area is 108 Å². The largest absolute Gasteiger partial charge is 0.486 e.